The van der Waals surface area contributed by atoms with E-state index in [2.05, 4.69) is 20.4 Å². The number of carbonyl (C=O) groups is 2. The topological polar surface area (TPSA) is 92.2 Å². The second kappa shape index (κ2) is 4.29. The fourth-order valence-electron chi connectivity index (χ4n) is 2.27. The molecule has 3 fully saturated rings. The van der Waals surface area contributed by atoms with Gasteiger partial charge in [0.1, 0.15) is 10.0 Å². The molecule has 5 rings (SSSR count). The number of amides is 4. The largest absolute Gasteiger partial charge is 0.349 e. The molecular formula is C12H10N6O2S2. The standard InChI is InChI=1S/C12H10N6O2S2/c19-11-17(9-15-13-7(21-9)5-1-2-5)12(20)18(11)10-16-14-8(22-10)6-3-4-6/h5-6H,1-4H2. The molecule has 0 aromatic carbocycles. The second-order valence-electron chi connectivity index (χ2n) is 5.63. The Hall–Kier alpha value is -1.94. The van der Waals surface area contributed by atoms with Crippen molar-refractivity contribution in [2.45, 2.75) is 37.5 Å². The summed E-state index contributed by atoms with van der Waals surface area (Å²) in [5, 5.41) is 18.6. The zero-order valence-corrected chi connectivity index (χ0v) is 12.9. The maximum atomic E-state index is 12.3. The molecule has 1 aliphatic heterocycles. The Labute approximate surface area is 132 Å². The fraction of sp³-hybridized carbons (Fsp3) is 0.500. The molecule has 0 bridgehead atoms. The van der Waals surface area contributed by atoms with Crippen LogP contribution in [-0.4, -0.2) is 32.5 Å². The van der Waals surface area contributed by atoms with E-state index in [0.717, 1.165) is 45.5 Å². The summed E-state index contributed by atoms with van der Waals surface area (Å²) in [6.07, 6.45) is 4.43. The number of nitrogens with zero attached hydrogens (tertiary/aromatic N) is 6. The van der Waals surface area contributed by atoms with Crippen LogP contribution in [0.3, 0.4) is 0 Å². The van der Waals surface area contributed by atoms with E-state index in [1.54, 1.807) is 0 Å². The minimum atomic E-state index is -0.429. The molecule has 2 aliphatic carbocycles. The van der Waals surface area contributed by atoms with Crippen LogP contribution in [0.25, 0.3) is 0 Å². The Morgan fingerprint density at radius 2 is 1.14 bits per heavy atom. The lowest BCUT2D eigenvalue weighted by Gasteiger charge is -2.34. The van der Waals surface area contributed by atoms with Crippen LogP contribution in [0.15, 0.2) is 0 Å². The molecule has 112 valence electrons. The molecule has 2 aromatic rings. The maximum Gasteiger partial charge on any atom is 0.349 e. The molecule has 0 radical (unpaired) electrons. The number of anilines is 2. The van der Waals surface area contributed by atoms with Gasteiger partial charge in [0.15, 0.2) is 0 Å². The summed E-state index contributed by atoms with van der Waals surface area (Å²) in [4.78, 5) is 26.7. The zero-order valence-electron chi connectivity index (χ0n) is 11.3. The molecule has 2 aromatic heterocycles. The number of hydrogen-bond donors (Lipinski definition) is 0. The third-order valence-electron chi connectivity index (χ3n) is 3.86. The molecule has 4 amide bonds. The molecule has 0 spiro atoms. The summed E-state index contributed by atoms with van der Waals surface area (Å²) in [5.74, 6) is 0.913. The van der Waals surface area contributed by atoms with Crippen LogP contribution in [0.5, 0.6) is 0 Å². The van der Waals surface area contributed by atoms with Crippen LogP contribution in [0.2, 0.25) is 0 Å². The van der Waals surface area contributed by atoms with Crippen molar-refractivity contribution in [1.82, 2.24) is 20.4 Å². The van der Waals surface area contributed by atoms with E-state index in [9.17, 15) is 9.59 Å². The number of rotatable bonds is 4. The van der Waals surface area contributed by atoms with Crippen molar-refractivity contribution >= 4 is 45.0 Å². The molecule has 0 N–H and O–H groups in total. The molecule has 0 atom stereocenters. The Kier molecular flexibility index (Phi) is 2.46. The average Bonchev–Trinajstić information content (AvgIpc) is 3.44. The van der Waals surface area contributed by atoms with E-state index in [-0.39, 0.29) is 0 Å². The molecule has 3 aliphatic rings. The van der Waals surface area contributed by atoms with Crippen molar-refractivity contribution in [2.75, 3.05) is 9.80 Å². The van der Waals surface area contributed by atoms with Crippen LogP contribution in [0, 0.1) is 0 Å². The van der Waals surface area contributed by atoms with Crippen LogP contribution in [-0.2, 0) is 0 Å². The molecule has 0 unspecified atom stereocenters. The Balaban J connectivity index is 1.38. The molecule has 1 saturated heterocycles. The third kappa shape index (κ3) is 1.80. The quantitative estimate of drug-likeness (QED) is 0.853. The van der Waals surface area contributed by atoms with E-state index in [4.69, 9.17) is 0 Å². The first-order valence-corrected chi connectivity index (χ1v) is 8.70. The summed E-state index contributed by atoms with van der Waals surface area (Å²) in [6.45, 7) is 0. The van der Waals surface area contributed by atoms with Crippen molar-refractivity contribution < 1.29 is 9.59 Å². The highest BCUT2D eigenvalue weighted by molar-refractivity contribution is 7.17. The van der Waals surface area contributed by atoms with Gasteiger partial charge in [-0.25, -0.2) is 9.59 Å². The van der Waals surface area contributed by atoms with Crippen LogP contribution in [0.4, 0.5) is 19.9 Å². The summed E-state index contributed by atoms with van der Waals surface area (Å²) >= 11 is 2.63. The number of carbonyl (C=O) groups excluding carboxylic acids is 2. The van der Waals surface area contributed by atoms with Crippen LogP contribution in [0.1, 0.15) is 47.5 Å². The zero-order chi connectivity index (χ0) is 14.8. The molecule has 8 nitrogen and oxygen atoms in total. The van der Waals surface area contributed by atoms with Crippen LogP contribution < -0.4 is 9.80 Å². The Morgan fingerprint density at radius 3 is 1.50 bits per heavy atom. The van der Waals surface area contributed by atoms with E-state index in [0.29, 0.717) is 22.1 Å². The minimum absolute atomic E-state index is 0.347. The van der Waals surface area contributed by atoms with Crippen molar-refractivity contribution in [3.63, 3.8) is 0 Å². The number of aromatic nitrogens is 4. The van der Waals surface area contributed by atoms with Gasteiger partial charge in [-0.3, -0.25) is 0 Å². The molecule has 22 heavy (non-hydrogen) atoms. The number of hydrogen-bond acceptors (Lipinski definition) is 8. The molecule has 2 saturated carbocycles. The van der Waals surface area contributed by atoms with Gasteiger partial charge in [-0.2, -0.15) is 9.80 Å². The Bertz CT molecular complexity index is 715. The normalized spacial score (nSPS) is 21.5. The van der Waals surface area contributed by atoms with Gasteiger partial charge < -0.3 is 0 Å². The molecular weight excluding hydrogens is 324 g/mol. The predicted molar refractivity (Wildman–Crippen MR) is 79.5 cm³/mol. The lowest BCUT2D eigenvalue weighted by atomic mass is 10.5. The van der Waals surface area contributed by atoms with E-state index >= 15 is 0 Å². The first kappa shape index (κ1) is 12.6. The van der Waals surface area contributed by atoms with Crippen LogP contribution >= 0.6 is 22.7 Å². The van der Waals surface area contributed by atoms with Gasteiger partial charge in [0.2, 0.25) is 10.3 Å². The average molecular weight is 334 g/mol. The lowest BCUT2D eigenvalue weighted by molar-refractivity contribution is 0.226. The van der Waals surface area contributed by atoms with Gasteiger partial charge in [-0.1, -0.05) is 22.7 Å². The number of imide groups is 2. The minimum Gasteiger partial charge on any atom is -0.246 e. The SMILES string of the molecule is O=C1N(c2nnc(C3CC3)s2)C(=O)N1c1nnc(C2CC2)s1. The van der Waals surface area contributed by atoms with E-state index in [1.165, 1.54) is 22.7 Å². The van der Waals surface area contributed by atoms with Gasteiger partial charge in [0.25, 0.3) is 0 Å². The third-order valence-corrected chi connectivity index (χ3v) is 6.00. The number of urea groups is 2. The van der Waals surface area contributed by atoms with Gasteiger partial charge in [0, 0.05) is 11.8 Å². The Morgan fingerprint density at radius 1 is 0.727 bits per heavy atom. The maximum absolute atomic E-state index is 12.3. The van der Waals surface area contributed by atoms with Crippen molar-refractivity contribution in [1.29, 1.82) is 0 Å². The summed E-state index contributed by atoms with van der Waals surface area (Å²) in [5.41, 5.74) is 0. The van der Waals surface area contributed by atoms with Crippen molar-refractivity contribution in [3.05, 3.63) is 10.0 Å². The van der Waals surface area contributed by atoms with Gasteiger partial charge in [-0.15, -0.1) is 20.4 Å². The summed E-state index contributed by atoms with van der Waals surface area (Å²) < 4.78 is 0. The van der Waals surface area contributed by atoms with E-state index < -0.39 is 12.1 Å². The predicted octanol–water partition coefficient (Wildman–Crippen LogP) is 2.71. The first-order chi connectivity index (χ1) is 10.7. The monoisotopic (exact) mass is 334 g/mol. The second-order valence-corrected chi connectivity index (χ2v) is 7.61. The molecule has 10 heteroatoms. The molecule has 3 heterocycles. The summed E-state index contributed by atoms with van der Waals surface area (Å²) in [7, 11) is 0. The highest BCUT2D eigenvalue weighted by atomic mass is 32.1. The summed E-state index contributed by atoms with van der Waals surface area (Å²) in [6, 6.07) is -0.857. The van der Waals surface area contributed by atoms with E-state index in [1.807, 2.05) is 0 Å². The van der Waals surface area contributed by atoms with Gasteiger partial charge in [0.05, 0.1) is 0 Å². The van der Waals surface area contributed by atoms with Crippen molar-refractivity contribution in [2.24, 2.45) is 0 Å². The van der Waals surface area contributed by atoms with Gasteiger partial charge in [-0.05, 0) is 25.7 Å². The van der Waals surface area contributed by atoms with Crippen molar-refractivity contribution in [3.8, 4) is 0 Å². The highest BCUT2D eigenvalue weighted by Gasteiger charge is 2.50. The van der Waals surface area contributed by atoms with Gasteiger partial charge >= 0.3 is 12.1 Å². The highest BCUT2D eigenvalue weighted by Crippen LogP contribution is 2.45. The lowest BCUT2D eigenvalue weighted by Crippen LogP contribution is -2.64. The smallest absolute Gasteiger partial charge is 0.246 e. The first-order valence-electron chi connectivity index (χ1n) is 7.07. The fourth-order valence-corrected chi connectivity index (χ4v) is 4.27.